The Morgan fingerprint density at radius 3 is 0.691 bits per heavy atom. The third-order valence-electron chi connectivity index (χ3n) is 19.5. The molecular formula is C104H197N15O14P6. The highest BCUT2D eigenvalue weighted by Crippen LogP contribution is 2.44. The second-order valence-corrected chi connectivity index (χ2v) is 50.7. The lowest BCUT2D eigenvalue weighted by Crippen LogP contribution is -2.42. The van der Waals surface area contributed by atoms with Crippen molar-refractivity contribution in [3.63, 3.8) is 0 Å². The Labute approximate surface area is 846 Å². The number of aromatic nitrogens is 6. The highest BCUT2D eigenvalue weighted by molar-refractivity contribution is 7.70. The second kappa shape index (κ2) is 74.3. The SMILES string of the molecule is CC.CC.CC.CC.CC.CC.CC.CC.CC(C)(C)OC(=O)N1CCNCCNCC1.CCOP(C)(=O)c1cc(C)cc(CC)n1.CCOP(C)(=O)c1cc(C)cc(CC)n1.CCOP(C)(=O)c1cc(C)cc(CN2CCN(Cc3cc(C)cc(P(C)(C)=O)n3)CCN(C(=O)OC(C)(C)C)CC2)n1.CCOP(C)(=O)c1cc(C)cc(CN2CCNCCN(Cc3cc(C)cc(P(C)(C)=O)n3)CC2)n1. The molecule has 2 amide bonds. The first kappa shape index (κ1) is 140. The van der Waals surface area contributed by atoms with E-state index in [1.165, 1.54) is 0 Å². The number of amides is 2. The van der Waals surface area contributed by atoms with Crippen molar-refractivity contribution in [2.75, 3.05) is 198 Å². The van der Waals surface area contributed by atoms with Gasteiger partial charge in [-0.3, -0.25) is 37.9 Å². The maximum Gasteiger partial charge on any atom is 0.410 e. The van der Waals surface area contributed by atoms with Gasteiger partial charge < -0.3 is 62.4 Å². The molecule has 3 N–H and O–H groups in total. The number of nitrogens with one attached hydrogen (secondary N) is 3. The van der Waals surface area contributed by atoms with Crippen molar-refractivity contribution in [2.45, 2.75) is 286 Å². The topological polar surface area (TPSA) is 325 Å². The van der Waals surface area contributed by atoms with Crippen molar-refractivity contribution < 1.29 is 64.5 Å². The third-order valence-corrected chi connectivity index (χ3v) is 29.5. The van der Waals surface area contributed by atoms with Gasteiger partial charge in [-0.1, -0.05) is 125 Å². The van der Waals surface area contributed by atoms with Crippen molar-refractivity contribution in [3.05, 3.63) is 140 Å². The van der Waals surface area contributed by atoms with Gasteiger partial charge in [0.25, 0.3) is 0 Å². The number of hydrogen-bond donors (Lipinski definition) is 3. The number of nitrogens with zero attached hydrogens (tertiary/aromatic N) is 12. The molecule has 3 aliphatic rings. The molecule has 35 heteroatoms. The molecule has 0 aliphatic carbocycles. The summed E-state index contributed by atoms with van der Waals surface area (Å²) in [6.07, 6.45) is 1.14. The Hall–Kier alpha value is -5.62. The van der Waals surface area contributed by atoms with E-state index in [1.54, 1.807) is 63.1 Å². The van der Waals surface area contributed by atoms with E-state index in [-0.39, 0.29) is 12.2 Å². The molecule has 0 aromatic carbocycles. The quantitative estimate of drug-likeness (QED) is 0.0474. The van der Waals surface area contributed by atoms with Gasteiger partial charge >= 0.3 is 12.2 Å². The molecule has 0 bridgehead atoms. The Kier molecular flexibility index (Phi) is 74.6. The second-order valence-electron chi connectivity index (χ2n) is 34.7. The van der Waals surface area contributed by atoms with Crippen LogP contribution < -0.4 is 48.6 Å². The molecule has 139 heavy (non-hydrogen) atoms. The maximum atomic E-state index is 13.1. The minimum Gasteiger partial charge on any atom is -0.444 e. The number of aryl methyl sites for hydroxylation is 8. The fraction of sp³-hybridized carbons (Fsp3) is 0.692. The van der Waals surface area contributed by atoms with Gasteiger partial charge in [-0.15, -0.1) is 0 Å². The zero-order valence-electron chi connectivity index (χ0n) is 95.0. The van der Waals surface area contributed by atoms with Gasteiger partial charge in [0.05, 0.1) is 60.1 Å². The van der Waals surface area contributed by atoms with E-state index >= 15 is 0 Å². The lowest BCUT2D eigenvalue weighted by Gasteiger charge is -2.29. The number of carbonyl (C=O) groups is 2. The van der Waals surface area contributed by atoms with Crippen LogP contribution in [0.4, 0.5) is 9.59 Å². The van der Waals surface area contributed by atoms with Crippen LogP contribution in [0.15, 0.2) is 72.8 Å². The zero-order chi connectivity index (χ0) is 108. The van der Waals surface area contributed by atoms with E-state index < -0.39 is 55.0 Å². The predicted molar refractivity (Wildman–Crippen MR) is 596 cm³/mol. The van der Waals surface area contributed by atoms with Crippen LogP contribution in [0.3, 0.4) is 0 Å². The molecule has 9 heterocycles. The maximum absolute atomic E-state index is 13.1. The van der Waals surface area contributed by atoms with Gasteiger partial charge in [0.1, 0.15) is 47.2 Å². The standard InChI is InChI=1S/C30H49N5O5P2.C25H41N5O3P2.C11H23N3O2.2C11H18NO2P.8C2H6/c1-10-39-42(9,38)28-20-24(3)18-26(32-28)22-34-12-11-33(13-15-35(16-14-34)29(36)40-30(4,5)6)21-25-17-23(2)19-27(31-25)41(7,8)37;1-7-33-35(6,32)25-17-21(3)15-23(28-25)19-30-11-9-26-8-10-29(12-13-30)18-22-14-20(2)16-24(27-22)34(4,5)31;1-11(2,3)16-10(15)14-8-6-12-4-5-13-7-9-14;2*1-5-10-7-9(3)8-11(12-10)15(4,13)14-6-2;8*1-2/h17-20H,10-16,21-22H2,1-9H3;14-17,26H,7-13,18-19H2,1-6H3;12-13H,4-9H2,1-3H3;2*7-8H,5-6H2,1-4H3;8*1-2H3. The first-order valence-electron chi connectivity index (χ1n) is 51.2. The van der Waals surface area contributed by atoms with E-state index in [2.05, 4.69) is 57.7 Å². The Morgan fingerprint density at radius 2 is 0.468 bits per heavy atom. The monoisotopic (exact) mass is 2070 g/mol. The van der Waals surface area contributed by atoms with Gasteiger partial charge in [0.2, 0.25) is 29.5 Å². The molecular weight excluding hydrogens is 1870 g/mol. The minimum absolute atomic E-state index is 0.224. The highest BCUT2D eigenvalue weighted by atomic mass is 31.2. The largest absolute Gasteiger partial charge is 0.444 e. The summed E-state index contributed by atoms with van der Waals surface area (Å²) in [4.78, 5) is 65.5. The van der Waals surface area contributed by atoms with Crippen LogP contribution >= 0.6 is 43.8 Å². The molecule has 0 saturated carbocycles. The van der Waals surface area contributed by atoms with Gasteiger partial charge in [-0.05, 0) is 256 Å². The minimum atomic E-state index is -3.02. The Bertz CT molecular complexity index is 4590. The van der Waals surface area contributed by atoms with Crippen molar-refractivity contribution in [1.29, 1.82) is 0 Å². The number of ether oxygens (including phenoxy) is 2. The molecule has 0 spiro atoms. The molecule has 3 fully saturated rings. The van der Waals surface area contributed by atoms with E-state index in [4.69, 9.17) is 47.5 Å². The number of carbonyl (C=O) groups excluding carboxylic acids is 2. The Morgan fingerprint density at radius 1 is 0.281 bits per heavy atom. The van der Waals surface area contributed by atoms with Crippen LogP contribution in [0.25, 0.3) is 0 Å². The van der Waals surface area contributed by atoms with E-state index in [0.29, 0.717) is 118 Å². The number of pyridine rings is 6. The lowest BCUT2D eigenvalue weighted by molar-refractivity contribution is 0.0226. The first-order chi connectivity index (χ1) is 65.4. The average molecular weight is 2070 g/mol. The summed E-state index contributed by atoms with van der Waals surface area (Å²) in [7, 11) is -16.3. The van der Waals surface area contributed by atoms with Crippen LogP contribution in [-0.4, -0.2) is 280 Å². The molecule has 6 aromatic rings. The molecule has 3 aliphatic heterocycles. The van der Waals surface area contributed by atoms with Gasteiger partial charge in [-0.2, -0.15) is 0 Å². The summed E-state index contributed by atoms with van der Waals surface area (Å²) in [5.74, 6) is 0. The van der Waals surface area contributed by atoms with E-state index in [0.717, 1.165) is 165 Å². The van der Waals surface area contributed by atoms with Crippen molar-refractivity contribution in [3.8, 4) is 0 Å². The molecule has 4 atom stereocenters. The van der Waals surface area contributed by atoms with Crippen LogP contribution in [0, 0.1) is 41.5 Å². The summed E-state index contributed by atoms with van der Waals surface area (Å²) in [6.45, 7) is 98.6. The molecule has 6 aromatic heterocycles. The summed E-state index contributed by atoms with van der Waals surface area (Å²) in [6, 6.07) is 23.5. The van der Waals surface area contributed by atoms with Crippen molar-refractivity contribution >= 4 is 88.6 Å². The molecule has 3 saturated heterocycles. The fourth-order valence-corrected chi connectivity index (χ4v) is 20.7. The third kappa shape index (κ3) is 59.0. The van der Waals surface area contributed by atoms with Gasteiger partial charge in [0.15, 0.2) is 0 Å². The molecule has 802 valence electrons. The normalized spacial score (nSPS) is 15.8. The first-order valence-corrected chi connectivity index (χ1v) is 64.7. The summed E-state index contributed by atoms with van der Waals surface area (Å²) < 4.78 is 108. The molecule has 0 radical (unpaired) electrons. The van der Waals surface area contributed by atoms with E-state index in [9.17, 15) is 37.0 Å². The summed E-state index contributed by atoms with van der Waals surface area (Å²) in [5.41, 5.74) is 14.3. The molecule has 9 rings (SSSR count). The van der Waals surface area contributed by atoms with Crippen LogP contribution in [0.1, 0.15) is 261 Å². The van der Waals surface area contributed by atoms with E-state index in [1.807, 2.05) is 296 Å². The zero-order valence-corrected chi connectivity index (χ0v) is 100. The molecule has 4 unspecified atom stereocenters. The van der Waals surface area contributed by atoms with Gasteiger partial charge in [-0.25, -0.2) is 39.5 Å². The molecule has 29 nitrogen and oxygen atoms in total. The van der Waals surface area contributed by atoms with Crippen molar-refractivity contribution in [1.82, 2.24) is 75.3 Å². The smallest absolute Gasteiger partial charge is 0.410 e. The fourth-order valence-electron chi connectivity index (χ4n) is 13.4. The summed E-state index contributed by atoms with van der Waals surface area (Å²) >= 11 is 0. The lowest BCUT2D eigenvalue weighted by atomic mass is 10.2. The number of rotatable bonds is 24. The highest BCUT2D eigenvalue weighted by Gasteiger charge is 2.31. The predicted octanol–water partition coefficient (Wildman–Crippen LogP) is 21.0. The van der Waals surface area contributed by atoms with Crippen molar-refractivity contribution in [2.24, 2.45) is 0 Å². The van der Waals surface area contributed by atoms with Crippen LogP contribution in [0.5, 0.6) is 0 Å². The van der Waals surface area contributed by atoms with Gasteiger partial charge in [0, 0.05) is 182 Å². The van der Waals surface area contributed by atoms with Crippen LogP contribution in [-0.2, 0) is 94.0 Å². The Balaban J connectivity index is -0.000000837. The number of hydrogen-bond acceptors (Lipinski definition) is 27. The summed E-state index contributed by atoms with van der Waals surface area (Å²) in [5, 5.41) is 10.1. The average Bonchev–Trinajstić information content (AvgIpc) is 1.42. The van der Waals surface area contributed by atoms with Crippen LogP contribution in [0.2, 0.25) is 0 Å².